The Morgan fingerprint density at radius 3 is 2.57 bits per heavy atom. The van der Waals surface area contributed by atoms with Crippen LogP contribution in [0.2, 0.25) is 0 Å². The van der Waals surface area contributed by atoms with Crippen molar-refractivity contribution in [2.24, 2.45) is 5.92 Å². The summed E-state index contributed by atoms with van der Waals surface area (Å²) in [6, 6.07) is 8.73. The Morgan fingerprint density at radius 2 is 1.90 bits per heavy atom. The third kappa shape index (κ3) is 5.69. The summed E-state index contributed by atoms with van der Waals surface area (Å²) in [5, 5.41) is 3.40. The first kappa shape index (κ1) is 15.7. The number of furan rings is 1. The fourth-order valence-electron chi connectivity index (χ4n) is 2.39. The highest BCUT2D eigenvalue weighted by Gasteiger charge is 2.11. The molecule has 0 spiro atoms. The minimum Gasteiger partial charge on any atom is -0.472 e. The zero-order valence-electron chi connectivity index (χ0n) is 12.3. The minimum absolute atomic E-state index is 0.191. The first-order valence-corrected chi connectivity index (χ1v) is 7.23. The number of rotatable bonds is 9. The van der Waals surface area contributed by atoms with Gasteiger partial charge in [-0.2, -0.15) is 0 Å². The molecule has 0 aliphatic carbocycles. The smallest absolute Gasteiger partial charge is 0.123 e. The van der Waals surface area contributed by atoms with E-state index < -0.39 is 0 Å². The van der Waals surface area contributed by atoms with Crippen molar-refractivity contribution in [2.45, 2.75) is 12.8 Å². The van der Waals surface area contributed by atoms with Gasteiger partial charge in [0, 0.05) is 13.7 Å². The molecule has 0 radical (unpaired) electrons. The van der Waals surface area contributed by atoms with E-state index in [1.165, 1.54) is 17.7 Å². The molecule has 1 unspecified atom stereocenters. The highest BCUT2D eigenvalue weighted by molar-refractivity contribution is 5.17. The molecule has 0 amide bonds. The third-order valence-electron chi connectivity index (χ3n) is 3.46. The van der Waals surface area contributed by atoms with Crippen LogP contribution in [0.5, 0.6) is 0 Å². The van der Waals surface area contributed by atoms with Crippen LogP contribution >= 0.6 is 0 Å². The van der Waals surface area contributed by atoms with E-state index in [1.807, 2.05) is 18.2 Å². The monoisotopic (exact) mass is 291 g/mol. The van der Waals surface area contributed by atoms with Crippen LogP contribution in [0.3, 0.4) is 0 Å². The maximum Gasteiger partial charge on any atom is 0.123 e. The number of benzene rings is 1. The standard InChI is InChI=1S/C17H22FNO2/c1-20-9-7-19-12-16(11-15-6-8-21-13-15)10-14-2-4-17(18)5-3-14/h2-6,8,13,16,19H,7,9-12H2,1H3. The summed E-state index contributed by atoms with van der Waals surface area (Å²) in [5.41, 5.74) is 2.34. The van der Waals surface area contributed by atoms with E-state index in [9.17, 15) is 4.39 Å². The van der Waals surface area contributed by atoms with E-state index in [0.29, 0.717) is 12.5 Å². The Bertz CT molecular complexity index is 496. The second-order valence-electron chi connectivity index (χ2n) is 5.23. The average molecular weight is 291 g/mol. The Labute approximate surface area is 125 Å². The summed E-state index contributed by atoms with van der Waals surface area (Å²) in [6.07, 6.45) is 5.33. The van der Waals surface area contributed by atoms with E-state index in [2.05, 4.69) is 5.32 Å². The Morgan fingerprint density at radius 1 is 1.14 bits per heavy atom. The average Bonchev–Trinajstić information content (AvgIpc) is 2.99. The van der Waals surface area contributed by atoms with Gasteiger partial charge in [0.05, 0.1) is 19.1 Å². The molecular weight excluding hydrogens is 269 g/mol. The van der Waals surface area contributed by atoms with Crippen molar-refractivity contribution in [1.82, 2.24) is 5.32 Å². The van der Waals surface area contributed by atoms with Gasteiger partial charge in [-0.1, -0.05) is 12.1 Å². The maximum atomic E-state index is 13.0. The zero-order chi connectivity index (χ0) is 14.9. The Hall–Kier alpha value is -1.65. The zero-order valence-corrected chi connectivity index (χ0v) is 12.3. The fraction of sp³-hybridized carbons (Fsp3) is 0.412. The molecule has 1 aromatic carbocycles. The second kappa shape index (κ2) is 8.60. The number of hydrogen-bond donors (Lipinski definition) is 1. The summed E-state index contributed by atoms with van der Waals surface area (Å²) in [4.78, 5) is 0. The molecule has 3 nitrogen and oxygen atoms in total. The van der Waals surface area contributed by atoms with Crippen LogP contribution in [0.25, 0.3) is 0 Å². The van der Waals surface area contributed by atoms with Crippen LogP contribution in [-0.4, -0.2) is 26.8 Å². The molecular formula is C17H22FNO2. The second-order valence-corrected chi connectivity index (χ2v) is 5.23. The number of methoxy groups -OCH3 is 1. The van der Waals surface area contributed by atoms with Gasteiger partial charge >= 0.3 is 0 Å². The summed E-state index contributed by atoms with van der Waals surface area (Å²) >= 11 is 0. The lowest BCUT2D eigenvalue weighted by Gasteiger charge is -2.17. The van der Waals surface area contributed by atoms with Crippen LogP contribution in [0.1, 0.15) is 11.1 Å². The maximum absolute atomic E-state index is 13.0. The van der Waals surface area contributed by atoms with Crippen molar-refractivity contribution < 1.29 is 13.5 Å². The topological polar surface area (TPSA) is 34.4 Å². The van der Waals surface area contributed by atoms with Crippen molar-refractivity contribution in [3.8, 4) is 0 Å². The van der Waals surface area contributed by atoms with Gasteiger partial charge in [0.25, 0.3) is 0 Å². The molecule has 0 aliphatic rings. The molecule has 0 aliphatic heterocycles. The fourth-order valence-corrected chi connectivity index (χ4v) is 2.39. The molecule has 1 atom stereocenters. The number of halogens is 1. The summed E-state index contributed by atoms with van der Waals surface area (Å²) < 4.78 is 23.2. The first-order valence-electron chi connectivity index (χ1n) is 7.23. The predicted octanol–water partition coefficient (Wildman–Crippen LogP) is 3.06. The van der Waals surface area contributed by atoms with Crippen LogP contribution in [0.4, 0.5) is 4.39 Å². The van der Waals surface area contributed by atoms with E-state index in [0.717, 1.165) is 31.5 Å². The van der Waals surface area contributed by atoms with E-state index in [4.69, 9.17) is 9.15 Å². The first-order chi connectivity index (χ1) is 10.3. The molecule has 0 fully saturated rings. The number of hydrogen-bond acceptors (Lipinski definition) is 3. The quantitative estimate of drug-likeness (QED) is 0.721. The van der Waals surface area contributed by atoms with Gasteiger partial charge in [0.15, 0.2) is 0 Å². The van der Waals surface area contributed by atoms with Gasteiger partial charge < -0.3 is 14.5 Å². The van der Waals surface area contributed by atoms with Crippen LogP contribution < -0.4 is 5.32 Å². The lowest BCUT2D eigenvalue weighted by atomic mass is 9.93. The SMILES string of the molecule is COCCNCC(Cc1ccc(F)cc1)Cc1ccoc1. The van der Waals surface area contributed by atoms with Crippen molar-refractivity contribution in [3.63, 3.8) is 0 Å². The molecule has 0 saturated heterocycles. The molecule has 21 heavy (non-hydrogen) atoms. The van der Waals surface area contributed by atoms with Crippen molar-refractivity contribution in [2.75, 3.05) is 26.8 Å². The molecule has 0 bridgehead atoms. The van der Waals surface area contributed by atoms with Crippen LogP contribution in [0.15, 0.2) is 47.3 Å². The lowest BCUT2D eigenvalue weighted by Crippen LogP contribution is -2.28. The molecule has 2 aromatic rings. The highest BCUT2D eigenvalue weighted by atomic mass is 19.1. The Balaban J connectivity index is 1.91. The third-order valence-corrected chi connectivity index (χ3v) is 3.46. The van der Waals surface area contributed by atoms with Crippen molar-refractivity contribution >= 4 is 0 Å². The van der Waals surface area contributed by atoms with Gasteiger partial charge in [-0.25, -0.2) is 4.39 Å². The van der Waals surface area contributed by atoms with Crippen LogP contribution in [-0.2, 0) is 17.6 Å². The predicted molar refractivity (Wildman–Crippen MR) is 80.8 cm³/mol. The van der Waals surface area contributed by atoms with Crippen molar-refractivity contribution in [3.05, 3.63) is 59.8 Å². The summed E-state index contributed by atoms with van der Waals surface area (Å²) in [7, 11) is 1.70. The molecule has 4 heteroatoms. The van der Waals surface area contributed by atoms with Gasteiger partial charge in [-0.05, 0) is 54.6 Å². The van der Waals surface area contributed by atoms with Crippen LogP contribution in [0, 0.1) is 11.7 Å². The van der Waals surface area contributed by atoms with E-state index >= 15 is 0 Å². The Kier molecular flexibility index (Phi) is 6.44. The van der Waals surface area contributed by atoms with Crippen molar-refractivity contribution in [1.29, 1.82) is 0 Å². The largest absolute Gasteiger partial charge is 0.472 e. The summed E-state index contributed by atoms with van der Waals surface area (Å²) in [6.45, 7) is 2.43. The van der Waals surface area contributed by atoms with Gasteiger partial charge in [-0.3, -0.25) is 0 Å². The number of ether oxygens (including phenoxy) is 1. The summed E-state index contributed by atoms with van der Waals surface area (Å²) in [5.74, 6) is 0.244. The minimum atomic E-state index is -0.191. The van der Waals surface area contributed by atoms with E-state index in [-0.39, 0.29) is 5.82 Å². The lowest BCUT2D eigenvalue weighted by molar-refractivity contribution is 0.197. The van der Waals surface area contributed by atoms with Gasteiger partial charge in [-0.15, -0.1) is 0 Å². The molecule has 114 valence electrons. The van der Waals surface area contributed by atoms with Gasteiger partial charge in [0.2, 0.25) is 0 Å². The van der Waals surface area contributed by atoms with E-state index in [1.54, 1.807) is 19.6 Å². The molecule has 0 saturated carbocycles. The number of nitrogens with one attached hydrogen (secondary N) is 1. The molecule has 1 aromatic heterocycles. The highest BCUT2D eigenvalue weighted by Crippen LogP contribution is 2.15. The molecule has 2 rings (SSSR count). The normalized spacial score (nSPS) is 12.5. The van der Waals surface area contributed by atoms with Gasteiger partial charge in [0.1, 0.15) is 5.82 Å². The molecule has 1 N–H and O–H groups in total. The molecule has 1 heterocycles.